The molecule has 1 aromatic rings. The number of aliphatic hydroxyl groups is 1. The first-order chi connectivity index (χ1) is 8.84. The molecular weight excluding hydrogens is 344 g/mol. The summed E-state index contributed by atoms with van der Waals surface area (Å²) in [6.07, 6.45) is 0.244. The average Bonchev–Trinajstić information content (AvgIpc) is 2.27. The summed E-state index contributed by atoms with van der Waals surface area (Å²) in [6, 6.07) is 1.42. The van der Waals surface area contributed by atoms with Crippen LogP contribution in [0.5, 0.6) is 0 Å². The molecule has 108 valence electrons. The largest absolute Gasteiger partial charge is 0.396 e. The summed E-state index contributed by atoms with van der Waals surface area (Å²) < 4.78 is 52.1. The van der Waals surface area contributed by atoms with Crippen LogP contribution in [0.25, 0.3) is 0 Å². The maximum Gasteiger partial charge on any atom is 0.247 e. The van der Waals surface area contributed by atoms with E-state index in [1.807, 2.05) is 0 Å². The van der Waals surface area contributed by atoms with Gasteiger partial charge in [-0.3, -0.25) is 0 Å². The minimum Gasteiger partial charge on any atom is -0.396 e. The van der Waals surface area contributed by atoms with Gasteiger partial charge < -0.3 is 5.11 Å². The van der Waals surface area contributed by atoms with Gasteiger partial charge in [0.05, 0.1) is 0 Å². The van der Waals surface area contributed by atoms with Crippen LogP contribution in [0.3, 0.4) is 0 Å². The quantitative estimate of drug-likeness (QED) is 0.848. The molecule has 0 unspecified atom stereocenters. The van der Waals surface area contributed by atoms with Crippen molar-refractivity contribution in [3.05, 3.63) is 28.2 Å². The third-order valence-electron chi connectivity index (χ3n) is 2.48. The molecule has 0 aliphatic heterocycles. The minimum absolute atomic E-state index is 0.0680. The van der Waals surface area contributed by atoms with E-state index in [0.717, 1.165) is 10.4 Å². The lowest BCUT2D eigenvalue weighted by Crippen LogP contribution is -2.33. The van der Waals surface area contributed by atoms with Crippen molar-refractivity contribution in [2.75, 3.05) is 19.7 Å². The van der Waals surface area contributed by atoms with Crippen molar-refractivity contribution >= 4 is 26.0 Å². The number of hydrogen-bond acceptors (Lipinski definition) is 3. The molecule has 1 N–H and O–H groups in total. The summed E-state index contributed by atoms with van der Waals surface area (Å²) in [5, 5.41) is 8.74. The van der Waals surface area contributed by atoms with Crippen molar-refractivity contribution in [1.82, 2.24) is 4.31 Å². The second-order valence-corrected chi connectivity index (χ2v) is 6.50. The van der Waals surface area contributed by atoms with Crippen LogP contribution in [-0.4, -0.2) is 37.5 Å². The molecule has 4 nitrogen and oxygen atoms in total. The molecule has 0 aliphatic carbocycles. The molecule has 8 heteroatoms. The Morgan fingerprint density at radius 3 is 2.47 bits per heavy atom. The van der Waals surface area contributed by atoms with Gasteiger partial charge in [0.15, 0.2) is 0 Å². The molecule has 19 heavy (non-hydrogen) atoms. The highest BCUT2D eigenvalue weighted by molar-refractivity contribution is 9.10. The van der Waals surface area contributed by atoms with E-state index in [-0.39, 0.29) is 30.6 Å². The third-order valence-corrected chi connectivity index (χ3v) is 5.42. The molecule has 0 radical (unpaired) electrons. The van der Waals surface area contributed by atoms with E-state index in [4.69, 9.17) is 5.11 Å². The monoisotopic (exact) mass is 357 g/mol. The Balaban J connectivity index is 3.26. The lowest BCUT2D eigenvalue weighted by molar-refractivity contribution is 0.271. The molecular formula is C11H14BrF2NO3S. The summed E-state index contributed by atoms with van der Waals surface area (Å²) in [5.74, 6) is -2.00. The van der Waals surface area contributed by atoms with Crippen molar-refractivity contribution in [1.29, 1.82) is 0 Å². The summed E-state index contributed by atoms with van der Waals surface area (Å²) in [6.45, 7) is 1.63. The van der Waals surface area contributed by atoms with Crippen LogP contribution in [0.2, 0.25) is 0 Å². The third kappa shape index (κ3) is 3.71. The first kappa shape index (κ1) is 16.5. The molecule has 0 saturated carbocycles. The van der Waals surface area contributed by atoms with E-state index in [1.54, 1.807) is 6.92 Å². The Hall–Kier alpha value is -0.570. The van der Waals surface area contributed by atoms with Crippen LogP contribution < -0.4 is 0 Å². The highest BCUT2D eigenvalue weighted by Gasteiger charge is 2.29. The number of rotatable bonds is 6. The van der Waals surface area contributed by atoms with Crippen molar-refractivity contribution in [2.45, 2.75) is 18.2 Å². The van der Waals surface area contributed by atoms with Gasteiger partial charge in [-0.1, -0.05) is 6.92 Å². The first-order valence-corrected chi connectivity index (χ1v) is 7.83. The van der Waals surface area contributed by atoms with E-state index in [9.17, 15) is 17.2 Å². The predicted molar refractivity (Wildman–Crippen MR) is 70.2 cm³/mol. The maximum absolute atomic E-state index is 13.7. The first-order valence-electron chi connectivity index (χ1n) is 5.60. The van der Waals surface area contributed by atoms with Crippen LogP contribution in [0.1, 0.15) is 13.3 Å². The number of halogens is 3. The van der Waals surface area contributed by atoms with E-state index >= 15 is 0 Å². The molecule has 1 aromatic carbocycles. The van der Waals surface area contributed by atoms with Crippen LogP contribution >= 0.6 is 15.9 Å². The standard InChI is InChI=1S/C11H14BrF2NO3S/c1-2-15(4-3-5-16)19(17,18)11-9(12)6-8(13)7-10(11)14/h6-7,16H,2-5H2,1H3. The summed E-state index contributed by atoms with van der Waals surface area (Å²) in [4.78, 5) is -0.589. The molecule has 0 atom stereocenters. The van der Waals surface area contributed by atoms with Gasteiger partial charge in [-0.2, -0.15) is 4.31 Å². The molecule has 0 aliphatic rings. The normalized spacial score (nSPS) is 12.1. The van der Waals surface area contributed by atoms with Crippen LogP contribution in [0, 0.1) is 11.6 Å². The highest BCUT2D eigenvalue weighted by Crippen LogP contribution is 2.28. The van der Waals surface area contributed by atoms with Crippen molar-refractivity contribution in [3.63, 3.8) is 0 Å². The van der Waals surface area contributed by atoms with E-state index in [0.29, 0.717) is 6.07 Å². The van der Waals surface area contributed by atoms with Gasteiger partial charge >= 0.3 is 0 Å². The summed E-state index contributed by atoms with van der Waals surface area (Å²) in [5.41, 5.74) is 0. The predicted octanol–water partition coefficient (Wildman–Crippen LogP) is 2.12. The fourth-order valence-corrected chi connectivity index (χ4v) is 4.20. The van der Waals surface area contributed by atoms with Crippen LogP contribution in [0.15, 0.2) is 21.5 Å². The average molecular weight is 358 g/mol. The zero-order valence-corrected chi connectivity index (χ0v) is 12.6. The van der Waals surface area contributed by atoms with E-state index in [1.165, 1.54) is 0 Å². The molecule has 0 fully saturated rings. The van der Waals surface area contributed by atoms with Crippen LogP contribution in [-0.2, 0) is 10.0 Å². The number of benzene rings is 1. The molecule has 0 spiro atoms. The van der Waals surface area contributed by atoms with Gasteiger partial charge in [0.1, 0.15) is 16.5 Å². The molecule has 0 aromatic heterocycles. The SMILES string of the molecule is CCN(CCCO)S(=O)(=O)c1c(F)cc(F)cc1Br. The van der Waals surface area contributed by atoms with Crippen molar-refractivity contribution in [3.8, 4) is 0 Å². The molecule has 0 heterocycles. The summed E-state index contributed by atoms with van der Waals surface area (Å²) >= 11 is 2.86. The van der Waals surface area contributed by atoms with E-state index in [2.05, 4.69) is 15.9 Å². The number of sulfonamides is 1. The van der Waals surface area contributed by atoms with Gasteiger partial charge in [-0.15, -0.1) is 0 Å². The van der Waals surface area contributed by atoms with Crippen molar-refractivity contribution < 1.29 is 22.3 Å². The lowest BCUT2D eigenvalue weighted by atomic mass is 10.3. The highest BCUT2D eigenvalue weighted by atomic mass is 79.9. The Kier molecular flexibility index (Phi) is 5.84. The fraction of sp³-hybridized carbons (Fsp3) is 0.455. The molecule has 0 bridgehead atoms. The number of hydrogen-bond donors (Lipinski definition) is 1. The zero-order chi connectivity index (χ0) is 14.6. The second kappa shape index (κ2) is 6.74. The molecule has 1 rings (SSSR count). The van der Waals surface area contributed by atoms with Gasteiger partial charge in [-0.05, 0) is 28.4 Å². The maximum atomic E-state index is 13.7. The lowest BCUT2D eigenvalue weighted by Gasteiger charge is -2.21. The van der Waals surface area contributed by atoms with Gasteiger partial charge in [-0.25, -0.2) is 17.2 Å². The Morgan fingerprint density at radius 1 is 1.37 bits per heavy atom. The Bertz CT molecular complexity index is 528. The Labute approximate surface area is 119 Å². The Morgan fingerprint density at radius 2 is 2.00 bits per heavy atom. The topological polar surface area (TPSA) is 57.6 Å². The molecule has 0 amide bonds. The van der Waals surface area contributed by atoms with Crippen molar-refractivity contribution in [2.24, 2.45) is 0 Å². The van der Waals surface area contributed by atoms with E-state index < -0.39 is 26.6 Å². The fourth-order valence-electron chi connectivity index (χ4n) is 1.60. The smallest absolute Gasteiger partial charge is 0.247 e. The van der Waals surface area contributed by atoms with Gasteiger partial charge in [0.2, 0.25) is 10.0 Å². The number of aliphatic hydroxyl groups excluding tert-OH is 1. The second-order valence-electron chi connectivity index (χ2n) is 3.77. The minimum atomic E-state index is -4.07. The zero-order valence-electron chi connectivity index (χ0n) is 10.2. The number of nitrogens with zero attached hydrogens (tertiary/aromatic N) is 1. The van der Waals surface area contributed by atoms with Crippen LogP contribution in [0.4, 0.5) is 8.78 Å². The summed E-state index contributed by atoms with van der Waals surface area (Å²) in [7, 11) is -4.07. The molecule has 0 saturated heterocycles. The van der Waals surface area contributed by atoms with Gasteiger partial charge in [0, 0.05) is 30.2 Å². The van der Waals surface area contributed by atoms with Gasteiger partial charge in [0.25, 0.3) is 0 Å².